The van der Waals surface area contributed by atoms with Crippen molar-refractivity contribution >= 4 is 11.9 Å². The highest BCUT2D eigenvalue weighted by Gasteiger charge is 2.48. The normalized spacial score (nSPS) is 30.2. The van der Waals surface area contributed by atoms with Crippen molar-refractivity contribution in [3.05, 3.63) is 11.5 Å². The number of carbonyl (C=O) groups excluding carboxylic acids is 2. The molecule has 2 heterocycles. The number of cyclic esters (lactones) is 1. The molecule has 0 aromatic heterocycles. The van der Waals surface area contributed by atoms with Gasteiger partial charge in [-0.2, -0.15) is 0 Å². The molecule has 1 fully saturated rings. The highest BCUT2D eigenvalue weighted by molar-refractivity contribution is 5.89. The lowest BCUT2D eigenvalue weighted by Gasteiger charge is -2.39. The van der Waals surface area contributed by atoms with E-state index in [1.165, 1.54) is 12.8 Å². The predicted molar refractivity (Wildman–Crippen MR) is 114 cm³/mol. The highest BCUT2D eigenvalue weighted by atomic mass is 16.7. The van der Waals surface area contributed by atoms with Crippen molar-refractivity contribution in [3.8, 4) is 0 Å². The number of esters is 2. The second kappa shape index (κ2) is 13.8. The van der Waals surface area contributed by atoms with Crippen LogP contribution in [0.2, 0.25) is 0 Å². The van der Waals surface area contributed by atoms with Crippen LogP contribution in [0.3, 0.4) is 0 Å². The van der Waals surface area contributed by atoms with E-state index in [1.807, 2.05) is 0 Å². The Morgan fingerprint density at radius 2 is 1.68 bits per heavy atom. The lowest BCUT2D eigenvalue weighted by molar-refractivity contribution is -0.291. The molecule has 1 saturated heterocycles. The van der Waals surface area contributed by atoms with Crippen LogP contribution in [0.5, 0.6) is 0 Å². The molecule has 6 N–H and O–H groups in total. The fourth-order valence-corrected chi connectivity index (χ4v) is 3.67. The Hall–Kier alpha value is -1.96. The van der Waals surface area contributed by atoms with Crippen LogP contribution in [0.1, 0.15) is 58.3 Å². The summed E-state index contributed by atoms with van der Waals surface area (Å²) in [4.78, 5) is 24.0. The van der Waals surface area contributed by atoms with Crippen LogP contribution < -0.4 is 0 Å². The summed E-state index contributed by atoms with van der Waals surface area (Å²) in [6.07, 6.45) is -3.99. The van der Waals surface area contributed by atoms with E-state index in [2.05, 4.69) is 6.92 Å². The van der Waals surface area contributed by atoms with Crippen LogP contribution in [0.4, 0.5) is 0 Å². The molecular formula is C22H36O12. The third-order valence-electron chi connectivity index (χ3n) is 5.75. The third kappa shape index (κ3) is 7.52. The molecule has 0 bridgehead atoms. The fourth-order valence-electron chi connectivity index (χ4n) is 3.67. The molecule has 196 valence electrons. The molecule has 12 nitrogen and oxygen atoms in total. The average Bonchev–Trinajstić information content (AvgIpc) is 3.10. The number of hydrogen-bond donors (Lipinski definition) is 6. The van der Waals surface area contributed by atoms with E-state index < -0.39 is 79.6 Å². The van der Waals surface area contributed by atoms with Gasteiger partial charge < -0.3 is 49.6 Å². The molecular weight excluding hydrogens is 456 g/mol. The van der Waals surface area contributed by atoms with E-state index >= 15 is 0 Å². The molecule has 0 aromatic carbocycles. The van der Waals surface area contributed by atoms with Gasteiger partial charge in [0.15, 0.2) is 11.9 Å². The van der Waals surface area contributed by atoms with Gasteiger partial charge in [0.25, 0.3) is 0 Å². The minimum Gasteiger partial charge on any atom is -0.505 e. The van der Waals surface area contributed by atoms with Gasteiger partial charge >= 0.3 is 11.9 Å². The Bertz CT molecular complexity index is 693. The number of aliphatic hydroxyl groups is 6. The number of aliphatic hydroxyl groups excluding tert-OH is 6. The van der Waals surface area contributed by atoms with Crippen molar-refractivity contribution < 1.29 is 59.2 Å². The largest absolute Gasteiger partial charge is 0.505 e. The topological polar surface area (TPSA) is 192 Å². The van der Waals surface area contributed by atoms with Gasteiger partial charge in [0.2, 0.25) is 12.0 Å². The summed E-state index contributed by atoms with van der Waals surface area (Å²) in [5.41, 5.74) is 0. The van der Waals surface area contributed by atoms with Crippen molar-refractivity contribution in [2.45, 2.75) is 101 Å². The molecule has 2 aliphatic heterocycles. The maximum Gasteiger partial charge on any atom is 0.378 e. The molecule has 0 spiro atoms. The molecule has 12 heteroatoms. The van der Waals surface area contributed by atoms with E-state index in [4.69, 9.17) is 18.9 Å². The van der Waals surface area contributed by atoms with Crippen LogP contribution in [0.25, 0.3) is 0 Å². The van der Waals surface area contributed by atoms with Crippen molar-refractivity contribution in [2.24, 2.45) is 0 Å². The van der Waals surface area contributed by atoms with Gasteiger partial charge in [-0.05, 0) is 6.42 Å². The summed E-state index contributed by atoms with van der Waals surface area (Å²) in [7, 11) is 0. The first-order valence-electron chi connectivity index (χ1n) is 11.7. The molecule has 0 saturated carbocycles. The molecule has 0 aliphatic carbocycles. The third-order valence-corrected chi connectivity index (χ3v) is 5.75. The summed E-state index contributed by atoms with van der Waals surface area (Å²) in [6.45, 7) is 0.886. The SMILES string of the molecule is CCCCCCCCCC(=O)OC[C@H](O)[C@H]1OC(=O)C(O[C@@H]2O[C@H](CO)[C@@H](O)[C@H](O)[C@H]2O)=C1O. The Kier molecular flexibility index (Phi) is 11.5. The van der Waals surface area contributed by atoms with Crippen molar-refractivity contribution in [3.63, 3.8) is 0 Å². The Labute approximate surface area is 197 Å². The minimum atomic E-state index is -1.82. The molecule has 7 atom stereocenters. The first-order valence-corrected chi connectivity index (χ1v) is 11.7. The Morgan fingerprint density at radius 3 is 2.32 bits per heavy atom. The van der Waals surface area contributed by atoms with Gasteiger partial charge in [-0.25, -0.2) is 4.79 Å². The summed E-state index contributed by atoms with van der Waals surface area (Å²) < 4.78 is 20.1. The summed E-state index contributed by atoms with van der Waals surface area (Å²) in [6, 6.07) is 0. The summed E-state index contributed by atoms with van der Waals surface area (Å²) in [5.74, 6) is -3.33. The van der Waals surface area contributed by atoms with Crippen LogP contribution in [0, 0.1) is 0 Å². The molecule has 34 heavy (non-hydrogen) atoms. The monoisotopic (exact) mass is 492 g/mol. The molecule has 0 radical (unpaired) electrons. The van der Waals surface area contributed by atoms with Gasteiger partial charge in [-0.3, -0.25) is 4.79 Å². The molecule has 2 rings (SSSR count). The van der Waals surface area contributed by atoms with Gasteiger partial charge in [0.1, 0.15) is 37.1 Å². The smallest absolute Gasteiger partial charge is 0.378 e. The molecule has 0 amide bonds. The maximum atomic E-state index is 12.1. The lowest BCUT2D eigenvalue weighted by atomic mass is 9.99. The van der Waals surface area contributed by atoms with Crippen molar-refractivity contribution in [2.75, 3.05) is 13.2 Å². The zero-order valence-electron chi connectivity index (χ0n) is 19.2. The van der Waals surface area contributed by atoms with E-state index in [9.17, 15) is 40.2 Å². The Balaban J connectivity index is 1.82. The standard InChI is InChI=1S/C22H36O12/c1-2-3-4-5-6-7-8-9-14(25)31-11-12(24)19-18(29)20(21(30)33-19)34-22-17(28)16(27)15(26)13(10-23)32-22/h12-13,15-17,19,22-24,26-29H,2-11H2,1H3/t12-,13+,15+,16-,17+,19+,22-/m0/s1. The van der Waals surface area contributed by atoms with Crippen molar-refractivity contribution in [1.29, 1.82) is 0 Å². The zero-order valence-corrected chi connectivity index (χ0v) is 19.2. The maximum absolute atomic E-state index is 12.1. The van der Waals surface area contributed by atoms with Crippen LogP contribution in [-0.2, 0) is 28.5 Å². The molecule has 2 aliphatic rings. The minimum absolute atomic E-state index is 0.179. The zero-order chi connectivity index (χ0) is 25.3. The van der Waals surface area contributed by atoms with Gasteiger partial charge in [0, 0.05) is 6.42 Å². The number of rotatable bonds is 14. The van der Waals surface area contributed by atoms with E-state index in [0.717, 1.165) is 25.7 Å². The quantitative estimate of drug-likeness (QED) is 0.135. The van der Waals surface area contributed by atoms with Gasteiger partial charge in [-0.1, -0.05) is 45.4 Å². The highest BCUT2D eigenvalue weighted by Crippen LogP contribution is 2.29. The summed E-state index contributed by atoms with van der Waals surface area (Å²) in [5, 5.41) is 59.3. The predicted octanol–water partition coefficient (Wildman–Crippen LogP) is -0.457. The van der Waals surface area contributed by atoms with Crippen molar-refractivity contribution in [1.82, 2.24) is 0 Å². The molecule has 0 unspecified atom stereocenters. The average molecular weight is 493 g/mol. The number of carbonyl (C=O) groups is 2. The van der Waals surface area contributed by atoms with E-state index in [0.29, 0.717) is 6.42 Å². The lowest BCUT2D eigenvalue weighted by Crippen LogP contribution is -2.59. The fraction of sp³-hybridized carbons (Fsp3) is 0.818. The molecule has 0 aromatic rings. The van der Waals surface area contributed by atoms with E-state index in [-0.39, 0.29) is 6.42 Å². The summed E-state index contributed by atoms with van der Waals surface area (Å²) >= 11 is 0. The van der Waals surface area contributed by atoms with Gasteiger partial charge in [-0.15, -0.1) is 0 Å². The number of ether oxygens (including phenoxy) is 4. The number of unbranched alkanes of at least 4 members (excludes halogenated alkanes) is 6. The second-order valence-corrected chi connectivity index (χ2v) is 8.48. The van der Waals surface area contributed by atoms with Gasteiger partial charge in [0.05, 0.1) is 6.61 Å². The first-order chi connectivity index (χ1) is 16.2. The van der Waals surface area contributed by atoms with Crippen LogP contribution in [-0.4, -0.2) is 98.7 Å². The van der Waals surface area contributed by atoms with Crippen LogP contribution >= 0.6 is 0 Å². The number of hydrogen-bond acceptors (Lipinski definition) is 12. The van der Waals surface area contributed by atoms with Crippen LogP contribution in [0.15, 0.2) is 11.5 Å². The Morgan fingerprint density at radius 1 is 1.03 bits per heavy atom. The second-order valence-electron chi connectivity index (χ2n) is 8.48. The first kappa shape index (κ1) is 28.3. The van der Waals surface area contributed by atoms with E-state index in [1.54, 1.807) is 0 Å².